The Kier molecular flexibility index (Phi) is 2.73. The van der Waals surface area contributed by atoms with Crippen LogP contribution in [0.1, 0.15) is 23.0 Å². The van der Waals surface area contributed by atoms with Crippen molar-refractivity contribution in [3.05, 3.63) is 17.1 Å². The third-order valence-corrected chi connectivity index (χ3v) is 2.22. The lowest BCUT2D eigenvalue weighted by Gasteiger charge is -2.03. The van der Waals surface area contributed by atoms with Gasteiger partial charge in [0.1, 0.15) is 0 Å². The molecule has 0 aliphatic heterocycles. The SMILES string of the molecule is CC[C@@H](N)C(=O)c1ccns1. The maximum Gasteiger partial charge on any atom is 0.191 e. The molecule has 0 saturated heterocycles. The van der Waals surface area contributed by atoms with Crippen LogP contribution in [-0.4, -0.2) is 16.2 Å². The number of nitrogens with zero attached hydrogens (tertiary/aromatic N) is 1. The average Bonchev–Trinajstić information content (AvgIpc) is 2.53. The van der Waals surface area contributed by atoms with Gasteiger partial charge in [0, 0.05) is 6.20 Å². The van der Waals surface area contributed by atoms with Crippen molar-refractivity contribution in [2.45, 2.75) is 19.4 Å². The Bertz CT molecular complexity index is 233. The Morgan fingerprint density at radius 2 is 2.64 bits per heavy atom. The minimum Gasteiger partial charge on any atom is -0.321 e. The topological polar surface area (TPSA) is 56.0 Å². The van der Waals surface area contributed by atoms with Crippen LogP contribution in [0.15, 0.2) is 12.3 Å². The summed E-state index contributed by atoms with van der Waals surface area (Å²) in [6, 6.07) is 1.33. The summed E-state index contributed by atoms with van der Waals surface area (Å²) in [6.07, 6.45) is 2.29. The van der Waals surface area contributed by atoms with E-state index in [2.05, 4.69) is 4.37 Å². The van der Waals surface area contributed by atoms with Gasteiger partial charge in [-0.2, -0.15) is 0 Å². The summed E-state index contributed by atoms with van der Waals surface area (Å²) in [4.78, 5) is 11.9. The van der Waals surface area contributed by atoms with E-state index in [0.717, 1.165) is 0 Å². The van der Waals surface area contributed by atoms with Crippen molar-refractivity contribution >= 4 is 17.3 Å². The molecule has 1 atom stereocenters. The van der Waals surface area contributed by atoms with Crippen LogP contribution < -0.4 is 5.73 Å². The van der Waals surface area contributed by atoms with Gasteiger partial charge in [0.2, 0.25) is 0 Å². The second-order valence-electron chi connectivity index (χ2n) is 2.26. The predicted octanol–water partition coefficient (Wildman–Crippen LogP) is 1.06. The van der Waals surface area contributed by atoms with E-state index in [1.165, 1.54) is 11.5 Å². The van der Waals surface area contributed by atoms with Crippen molar-refractivity contribution in [2.24, 2.45) is 5.73 Å². The summed E-state index contributed by atoms with van der Waals surface area (Å²) in [5.41, 5.74) is 5.54. The molecular weight excluding hydrogens is 160 g/mol. The lowest BCUT2D eigenvalue weighted by molar-refractivity contribution is 0.0963. The molecule has 0 fully saturated rings. The molecule has 0 unspecified atom stereocenters. The van der Waals surface area contributed by atoms with E-state index in [1.807, 2.05) is 6.92 Å². The fraction of sp³-hybridized carbons (Fsp3) is 0.429. The van der Waals surface area contributed by atoms with Crippen LogP contribution in [0.2, 0.25) is 0 Å². The van der Waals surface area contributed by atoms with Crippen molar-refractivity contribution in [3.63, 3.8) is 0 Å². The molecule has 60 valence electrons. The van der Waals surface area contributed by atoms with E-state index in [-0.39, 0.29) is 11.8 Å². The maximum atomic E-state index is 11.3. The van der Waals surface area contributed by atoms with Crippen molar-refractivity contribution < 1.29 is 4.79 Å². The lowest BCUT2D eigenvalue weighted by Crippen LogP contribution is -2.28. The zero-order valence-electron chi connectivity index (χ0n) is 6.28. The number of carbonyl (C=O) groups excluding carboxylic acids is 1. The highest BCUT2D eigenvalue weighted by atomic mass is 32.1. The smallest absolute Gasteiger partial charge is 0.191 e. The third-order valence-electron chi connectivity index (χ3n) is 1.46. The van der Waals surface area contributed by atoms with Crippen LogP contribution in [0.5, 0.6) is 0 Å². The molecule has 0 saturated carbocycles. The Labute approximate surface area is 69.4 Å². The van der Waals surface area contributed by atoms with Crippen LogP contribution in [0.4, 0.5) is 0 Å². The zero-order valence-corrected chi connectivity index (χ0v) is 7.10. The number of carbonyl (C=O) groups is 1. The van der Waals surface area contributed by atoms with Gasteiger partial charge in [0.05, 0.1) is 10.9 Å². The zero-order chi connectivity index (χ0) is 8.27. The van der Waals surface area contributed by atoms with Gasteiger partial charge in [-0.05, 0) is 24.0 Å². The quantitative estimate of drug-likeness (QED) is 0.690. The molecule has 0 aromatic carbocycles. The fourth-order valence-electron chi connectivity index (χ4n) is 0.711. The lowest BCUT2D eigenvalue weighted by atomic mass is 10.1. The summed E-state index contributed by atoms with van der Waals surface area (Å²) in [7, 11) is 0. The second kappa shape index (κ2) is 3.59. The molecule has 1 aromatic rings. The molecule has 1 rings (SSSR count). The molecule has 0 radical (unpaired) electrons. The molecule has 1 heterocycles. The highest BCUT2D eigenvalue weighted by Crippen LogP contribution is 2.08. The predicted molar refractivity (Wildman–Crippen MR) is 44.7 cm³/mol. The van der Waals surface area contributed by atoms with Gasteiger partial charge >= 0.3 is 0 Å². The number of nitrogens with two attached hydrogens (primary N) is 1. The van der Waals surface area contributed by atoms with Crippen molar-refractivity contribution in [2.75, 3.05) is 0 Å². The van der Waals surface area contributed by atoms with Gasteiger partial charge in [-0.1, -0.05) is 6.92 Å². The first-order valence-electron chi connectivity index (χ1n) is 3.46. The molecule has 1 aromatic heterocycles. The number of hydrogen-bond acceptors (Lipinski definition) is 4. The average molecular weight is 170 g/mol. The van der Waals surface area contributed by atoms with Gasteiger partial charge in [-0.15, -0.1) is 0 Å². The normalized spacial score (nSPS) is 12.9. The van der Waals surface area contributed by atoms with E-state index in [0.29, 0.717) is 11.3 Å². The van der Waals surface area contributed by atoms with E-state index < -0.39 is 0 Å². The molecule has 11 heavy (non-hydrogen) atoms. The van der Waals surface area contributed by atoms with Crippen LogP contribution >= 0.6 is 11.5 Å². The molecule has 0 amide bonds. The monoisotopic (exact) mass is 170 g/mol. The molecule has 4 heteroatoms. The minimum atomic E-state index is -0.365. The van der Waals surface area contributed by atoms with Crippen LogP contribution in [0.3, 0.4) is 0 Å². The standard InChI is InChI=1S/C7H10N2OS/c1-2-5(8)7(10)6-3-4-9-11-6/h3-5H,2,8H2,1H3/t5-/m1/s1. The van der Waals surface area contributed by atoms with Gasteiger partial charge in [0.25, 0.3) is 0 Å². The highest BCUT2D eigenvalue weighted by molar-refractivity contribution is 7.08. The minimum absolute atomic E-state index is 0.00463. The van der Waals surface area contributed by atoms with E-state index in [4.69, 9.17) is 5.73 Å². The first-order chi connectivity index (χ1) is 5.25. The van der Waals surface area contributed by atoms with Gasteiger partial charge in [-0.25, -0.2) is 4.37 Å². The summed E-state index contributed by atoms with van der Waals surface area (Å²) in [5, 5.41) is 0. The van der Waals surface area contributed by atoms with Crippen molar-refractivity contribution in [3.8, 4) is 0 Å². The first-order valence-corrected chi connectivity index (χ1v) is 4.23. The maximum absolute atomic E-state index is 11.3. The largest absolute Gasteiger partial charge is 0.321 e. The number of rotatable bonds is 3. The molecule has 0 aliphatic carbocycles. The van der Waals surface area contributed by atoms with E-state index >= 15 is 0 Å². The number of hydrogen-bond donors (Lipinski definition) is 1. The number of ketones is 1. The molecule has 0 bridgehead atoms. The highest BCUT2D eigenvalue weighted by Gasteiger charge is 2.14. The van der Waals surface area contributed by atoms with Gasteiger partial charge < -0.3 is 5.73 Å². The first kappa shape index (κ1) is 8.36. The summed E-state index contributed by atoms with van der Waals surface area (Å²) >= 11 is 1.20. The van der Waals surface area contributed by atoms with Crippen molar-refractivity contribution in [1.82, 2.24) is 4.37 Å². The van der Waals surface area contributed by atoms with E-state index in [1.54, 1.807) is 12.3 Å². The summed E-state index contributed by atoms with van der Waals surface area (Å²) < 4.78 is 3.83. The van der Waals surface area contributed by atoms with Crippen molar-refractivity contribution in [1.29, 1.82) is 0 Å². The Morgan fingerprint density at radius 3 is 3.09 bits per heavy atom. The van der Waals surface area contributed by atoms with Crippen LogP contribution in [0.25, 0.3) is 0 Å². The Balaban J connectivity index is 2.70. The molecule has 2 N–H and O–H groups in total. The summed E-state index contributed by atoms with van der Waals surface area (Å²) in [5.74, 6) is -0.00463. The number of Topliss-reactive ketones (excluding diaryl/α,β-unsaturated/α-hetero) is 1. The third kappa shape index (κ3) is 1.85. The second-order valence-corrected chi connectivity index (χ2v) is 3.09. The van der Waals surface area contributed by atoms with Gasteiger partial charge in [0.15, 0.2) is 5.78 Å². The molecule has 3 nitrogen and oxygen atoms in total. The fourth-order valence-corrected chi connectivity index (χ4v) is 1.31. The number of aromatic nitrogens is 1. The Hall–Kier alpha value is -0.740. The molecule has 0 aliphatic rings. The van der Waals surface area contributed by atoms with E-state index in [9.17, 15) is 4.79 Å². The molecule has 0 spiro atoms. The molecular formula is C7H10N2OS. The summed E-state index contributed by atoms with van der Waals surface area (Å²) in [6.45, 7) is 1.89. The van der Waals surface area contributed by atoms with Crippen LogP contribution in [-0.2, 0) is 0 Å². The van der Waals surface area contributed by atoms with Crippen LogP contribution in [0, 0.1) is 0 Å². The Morgan fingerprint density at radius 1 is 1.91 bits per heavy atom. The van der Waals surface area contributed by atoms with Gasteiger partial charge in [-0.3, -0.25) is 4.79 Å².